The van der Waals surface area contributed by atoms with Gasteiger partial charge in [-0.1, -0.05) is 6.92 Å². The van der Waals surface area contributed by atoms with Crippen molar-refractivity contribution < 1.29 is 9.72 Å². The number of carbonyl (C=O) groups excluding carboxylic acids is 1. The van der Waals surface area contributed by atoms with Crippen LogP contribution in [0.3, 0.4) is 0 Å². The van der Waals surface area contributed by atoms with Gasteiger partial charge in [0.2, 0.25) is 0 Å². The van der Waals surface area contributed by atoms with Gasteiger partial charge in [0.05, 0.1) is 16.2 Å². The van der Waals surface area contributed by atoms with E-state index >= 15 is 0 Å². The van der Waals surface area contributed by atoms with Crippen molar-refractivity contribution in [1.82, 2.24) is 4.90 Å². The van der Waals surface area contributed by atoms with E-state index in [1.165, 1.54) is 12.1 Å². The highest BCUT2D eigenvalue weighted by atomic mass is 16.6. The molecule has 1 fully saturated rings. The number of piperidine rings is 1. The molecule has 1 aromatic rings. The quantitative estimate of drug-likeness (QED) is 0.633. The van der Waals surface area contributed by atoms with Gasteiger partial charge in [0.15, 0.2) is 0 Å². The molecule has 0 bridgehead atoms. The number of hydrogen-bond acceptors (Lipinski definition) is 4. The largest absolute Gasteiger partial charge is 0.371 e. The number of nitrogens with zero attached hydrogens (tertiary/aromatic N) is 3. The molecule has 1 aliphatic heterocycles. The smallest absolute Gasteiger partial charge is 0.270 e. The Kier molecular flexibility index (Phi) is 5.00. The Bertz CT molecular complexity index is 566. The number of nitro benzene ring substituents is 1. The highest BCUT2D eigenvalue weighted by Gasteiger charge is 2.24. The average molecular weight is 305 g/mol. The number of amides is 1. The molecule has 120 valence electrons. The number of non-ortho nitro benzene ring substituents is 1. The Balaban J connectivity index is 2.39. The van der Waals surface area contributed by atoms with Crippen LogP contribution >= 0.6 is 0 Å². The highest BCUT2D eigenvalue weighted by Crippen LogP contribution is 2.30. The number of carbonyl (C=O) groups is 1. The first-order valence-corrected chi connectivity index (χ1v) is 7.72. The van der Waals surface area contributed by atoms with Crippen LogP contribution in [0.1, 0.15) is 37.0 Å². The van der Waals surface area contributed by atoms with Crippen LogP contribution in [0.4, 0.5) is 11.4 Å². The van der Waals surface area contributed by atoms with Crippen LogP contribution in [0.2, 0.25) is 0 Å². The van der Waals surface area contributed by atoms with E-state index in [9.17, 15) is 14.9 Å². The number of hydrogen-bond donors (Lipinski definition) is 0. The van der Waals surface area contributed by atoms with Crippen molar-refractivity contribution in [3.05, 3.63) is 33.9 Å². The van der Waals surface area contributed by atoms with E-state index in [0.29, 0.717) is 18.0 Å². The Morgan fingerprint density at radius 1 is 1.41 bits per heavy atom. The second-order valence-corrected chi connectivity index (χ2v) is 5.95. The molecular weight excluding hydrogens is 282 g/mol. The summed E-state index contributed by atoms with van der Waals surface area (Å²) in [5.74, 6) is 0.520. The fourth-order valence-electron chi connectivity index (χ4n) is 2.68. The lowest BCUT2D eigenvalue weighted by Crippen LogP contribution is -2.35. The van der Waals surface area contributed by atoms with Crippen molar-refractivity contribution in [2.75, 3.05) is 31.6 Å². The first-order chi connectivity index (χ1) is 10.4. The Hall–Kier alpha value is -2.11. The van der Waals surface area contributed by atoms with Crippen molar-refractivity contribution in [1.29, 1.82) is 0 Å². The second kappa shape index (κ2) is 6.77. The molecule has 0 N–H and O–H groups in total. The fraction of sp³-hybridized carbons (Fsp3) is 0.562. The van der Waals surface area contributed by atoms with Gasteiger partial charge < -0.3 is 9.80 Å². The zero-order chi connectivity index (χ0) is 16.3. The Morgan fingerprint density at radius 3 is 2.59 bits per heavy atom. The van der Waals surface area contributed by atoms with Gasteiger partial charge in [0.1, 0.15) is 0 Å². The Morgan fingerprint density at radius 2 is 2.05 bits per heavy atom. The molecule has 0 atom stereocenters. The van der Waals surface area contributed by atoms with Crippen LogP contribution in [0.5, 0.6) is 0 Å². The molecular formula is C16H23N3O3. The van der Waals surface area contributed by atoms with E-state index in [1.807, 2.05) is 6.92 Å². The molecule has 6 nitrogen and oxygen atoms in total. The normalized spacial score (nSPS) is 15.7. The summed E-state index contributed by atoms with van der Waals surface area (Å²) < 4.78 is 0. The van der Waals surface area contributed by atoms with Gasteiger partial charge in [-0.25, -0.2) is 0 Å². The molecule has 22 heavy (non-hydrogen) atoms. The molecule has 6 heteroatoms. The summed E-state index contributed by atoms with van der Waals surface area (Å²) in [7, 11) is 1.71. The molecule has 1 aromatic carbocycles. The van der Waals surface area contributed by atoms with Crippen LogP contribution in [-0.2, 0) is 0 Å². The predicted molar refractivity (Wildman–Crippen MR) is 86.3 cm³/mol. The van der Waals surface area contributed by atoms with Crippen molar-refractivity contribution in [3.8, 4) is 0 Å². The van der Waals surface area contributed by atoms with Crippen LogP contribution in [0.25, 0.3) is 0 Å². The summed E-state index contributed by atoms with van der Waals surface area (Å²) in [4.78, 5) is 26.9. The molecule has 0 aromatic heterocycles. The first-order valence-electron chi connectivity index (χ1n) is 7.72. The van der Waals surface area contributed by atoms with E-state index in [4.69, 9.17) is 0 Å². The van der Waals surface area contributed by atoms with Crippen molar-refractivity contribution in [3.63, 3.8) is 0 Å². The van der Waals surface area contributed by atoms with Crippen molar-refractivity contribution in [2.45, 2.75) is 26.7 Å². The monoisotopic (exact) mass is 305 g/mol. The number of anilines is 1. The lowest BCUT2D eigenvalue weighted by atomic mass is 9.97. The van der Waals surface area contributed by atoms with Crippen molar-refractivity contribution in [2.24, 2.45) is 5.92 Å². The molecule has 1 amide bonds. The first kappa shape index (κ1) is 16.3. The SMILES string of the molecule is CCN(C)C(=O)c1cc([N+](=O)[O-])ccc1N1CCC(C)CC1. The van der Waals surface area contributed by atoms with Gasteiger partial charge in [0.25, 0.3) is 11.6 Å². The maximum Gasteiger partial charge on any atom is 0.270 e. The number of nitro groups is 1. The number of benzene rings is 1. The molecule has 0 spiro atoms. The lowest BCUT2D eigenvalue weighted by molar-refractivity contribution is -0.384. The lowest BCUT2D eigenvalue weighted by Gasteiger charge is -2.33. The third-order valence-electron chi connectivity index (χ3n) is 4.37. The van der Waals surface area contributed by atoms with Gasteiger partial charge in [0, 0.05) is 38.8 Å². The number of rotatable bonds is 4. The molecule has 0 aliphatic carbocycles. The topological polar surface area (TPSA) is 66.7 Å². The van der Waals surface area contributed by atoms with E-state index in [2.05, 4.69) is 11.8 Å². The summed E-state index contributed by atoms with van der Waals surface area (Å²) in [6.45, 7) is 6.45. The summed E-state index contributed by atoms with van der Waals surface area (Å²) in [5.41, 5.74) is 1.19. The summed E-state index contributed by atoms with van der Waals surface area (Å²) in [5, 5.41) is 11.0. The zero-order valence-electron chi connectivity index (χ0n) is 13.4. The molecule has 1 aliphatic rings. The summed E-state index contributed by atoms with van der Waals surface area (Å²) in [6.07, 6.45) is 2.16. The zero-order valence-corrected chi connectivity index (χ0v) is 13.4. The highest BCUT2D eigenvalue weighted by molar-refractivity contribution is 6.00. The molecule has 1 saturated heterocycles. The van der Waals surface area contributed by atoms with Crippen LogP contribution < -0.4 is 4.90 Å². The molecule has 1 heterocycles. The van der Waals surface area contributed by atoms with Gasteiger partial charge in [-0.2, -0.15) is 0 Å². The van der Waals surface area contributed by atoms with Crippen LogP contribution in [0, 0.1) is 16.0 Å². The Labute approximate surface area is 130 Å². The van der Waals surface area contributed by atoms with Crippen LogP contribution in [-0.4, -0.2) is 42.4 Å². The van der Waals surface area contributed by atoms with Crippen LogP contribution in [0.15, 0.2) is 18.2 Å². The third-order valence-corrected chi connectivity index (χ3v) is 4.37. The fourth-order valence-corrected chi connectivity index (χ4v) is 2.68. The molecule has 2 rings (SSSR count). The summed E-state index contributed by atoms with van der Waals surface area (Å²) in [6, 6.07) is 4.60. The molecule has 0 unspecified atom stereocenters. The minimum atomic E-state index is -0.454. The molecule has 0 saturated carbocycles. The van der Waals surface area contributed by atoms with E-state index < -0.39 is 4.92 Å². The molecule has 0 radical (unpaired) electrons. The van der Waals surface area contributed by atoms with Crippen molar-refractivity contribution >= 4 is 17.3 Å². The minimum absolute atomic E-state index is 0.0398. The van der Waals surface area contributed by atoms with E-state index in [0.717, 1.165) is 31.6 Å². The standard InChI is InChI=1S/C16H23N3O3/c1-4-17(3)16(20)14-11-13(19(21)22)5-6-15(14)18-9-7-12(2)8-10-18/h5-6,11-12H,4,7-10H2,1-3H3. The maximum atomic E-state index is 12.6. The van der Waals surface area contributed by atoms with Gasteiger partial charge in [-0.05, 0) is 31.7 Å². The summed E-state index contributed by atoms with van der Waals surface area (Å²) >= 11 is 0. The van der Waals surface area contributed by atoms with E-state index in [1.54, 1.807) is 18.0 Å². The maximum absolute atomic E-state index is 12.6. The second-order valence-electron chi connectivity index (χ2n) is 5.95. The van der Waals surface area contributed by atoms with E-state index in [-0.39, 0.29) is 11.6 Å². The third kappa shape index (κ3) is 3.37. The predicted octanol–water partition coefficient (Wildman–Crippen LogP) is 2.92. The van der Waals surface area contributed by atoms with Gasteiger partial charge >= 0.3 is 0 Å². The minimum Gasteiger partial charge on any atom is -0.371 e. The van der Waals surface area contributed by atoms with Gasteiger partial charge in [-0.15, -0.1) is 0 Å². The van der Waals surface area contributed by atoms with Gasteiger partial charge in [-0.3, -0.25) is 14.9 Å². The average Bonchev–Trinajstić information content (AvgIpc) is 2.53.